The lowest BCUT2D eigenvalue weighted by Crippen LogP contribution is -2.55. The Labute approximate surface area is 400 Å². The van der Waals surface area contributed by atoms with Crippen molar-refractivity contribution < 1.29 is 28.7 Å². The molecule has 368 valence electrons. The monoisotopic (exact) mass is 937 g/mol. The molecule has 68 heavy (non-hydrogen) atoms. The molecule has 2 bridgehead atoms. The molecule has 6 saturated heterocycles. The van der Waals surface area contributed by atoms with Crippen LogP contribution < -0.4 is 15.5 Å². The van der Waals surface area contributed by atoms with Crippen LogP contribution in [0.15, 0.2) is 24.5 Å². The summed E-state index contributed by atoms with van der Waals surface area (Å²) >= 11 is 0. The van der Waals surface area contributed by atoms with Gasteiger partial charge in [0.1, 0.15) is 23.7 Å². The Morgan fingerprint density at radius 2 is 1.13 bits per heavy atom. The van der Waals surface area contributed by atoms with E-state index in [1.807, 2.05) is 49.9 Å². The van der Waals surface area contributed by atoms with Gasteiger partial charge in [-0.3, -0.25) is 14.5 Å². The fourth-order valence-corrected chi connectivity index (χ4v) is 12.3. The molecule has 7 aliphatic heterocycles. The van der Waals surface area contributed by atoms with Crippen LogP contribution in [0.1, 0.15) is 138 Å². The van der Waals surface area contributed by atoms with Crippen molar-refractivity contribution in [3.05, 3.63) is 53.0 Å². The number of ether oxygens (including phenoxy) is 2. The van der Waals surface area contributed by atoms with Crippen LogP contribution in [0.5, 0.6) is 0 Å². The second-order valence-electron chi connectivity index (χ2n) is 20.8. The first-order valence-electron chi connectivity index (χ1n) is 25.6. The minimum absolute atomic E-state index is 0.0448. The highest BCUT2D eigenvalue weighted by Crippen LogP contribution is 2.58. The number of anilines is 1. The van der Waals surface area contributed by atoms with Gasteiger partial charge in [0.15, 0.2) is 0 Å². The van der Waals surface area contributed by atoms with E-state index < -0.39 is 12.1 Å². The SMILES string of the molecule is CC(C)[C@H](NC(=O)N1CCOCC1)C(=O)N1CCC[C@H]1c1ncc(-c2ccc(N3CCC(c4cnc([C@@H]5CCCN5C(=O)[C@@H](NC(=O)N5CCOCC5)C(C)C)[nH]4)CC3)c3c2C2CCC3N2C)[nH]1. The summed E-state index contributed by atoms with van der Waals surface area (Å²) in [6.45, 7) is 15.2. The van der Waals surface area contributed by atoms with Gasteiger partial charge in [-0.25, -0.2) is 19.6 Å². The topological polar surface area (TPSA) is 188 Å². The number of hydrogen-bond donors (Lipinski definition) is 4. The molecule has 0 saturated carbocycles. The molecule has 0 aliphatic carbocycles. The fourth-order valence-electron chi connectivity index (χ4n) is 12.3. The van der Waals surface area contributed by atoms with Gasteiger partial charge in [0.25, 0.3) is 0 Å². The van der Waals surface area contributed by atoms with Crippen molar-refractivity contribution in [3.8, 4) is 11.3 Å². The van der Waals surface area contributed by atoms with Gasteiger partial charge in [-0.05, 0) is 87.4 Å². The van der Waals surface area contributed by atoms with E-state index in [1.54, 1.807) is 9.80 Å². The number of morpholine rings is 2. The predicted octanol–water partition coefficient (Wildman–Crippen LogP) is 5.47. The molecule has 6 fully saturated rings. The number of rotatable bonds is 11. The van der Waals surface area contributed by atoms with Gasteiger partial charge in [-0.1, -0.05) is 33.8 Å². The highest BCUT2D eigenvalue weighted by atomic mass is 16.5. The zero-order chi connectivity index (χ0) is 47.2. The van der Waals surface area contributed by atoms with Crippen LogP contribution >= 0.6 is 0 Å². The van der Waals surface area contributed by atoms with Crippen molar-refractivity contribution in [2.45, 2.75) is 121 Å². The minimum atomic E-state index is -0.629. The van der Waals surface area contributed by atoms with Crippen LogP contribution in [-0.2, 0) is 19.1 Å². The molecule has 6 atom stereocenters. The number of piperidine rings is 1. The zero-order valence-corrected chi connectivity index (χ0v) is 40.7. The van der Waals surface area contributed by atoms with E-state index in [1.165, 1.54) is 22.4 Å². The fraction of sp³-hybridized carbons (Fsp3) is 0.680. The van der Waals surface area contributed by atoms with Crippen molar-refractivity contribution >= 4 is 29.6 Å². The molecule has 3 aromatic rings. The summed E-state index contributed by atoms with van der Waals surface area (Å²) in [5, 5.41) is 6.12. The Morgan fingerprint density at radius 3 is 1.68 bits per heavy atom. The first-order chi connectivity index (χ1) is 33.0. The number of imidazole rings is 2. The van der Waals surface area contributed by atoms with Crippen molar-refractivity contribution in [2.75, 3.05) is 90.7 Å². The van der Waals surface area contributed by atoms with Crippen molar-refractivity contribution in [1.29, 1.82) is 0 Å². The Kier molecular flexibility index (Phi) is 13.5. The summed E-state index contributed by atoms with van der Waals surface area (Å²) < 4.78 is 10.9. The quantitative estimate of drug-likeness (QED) is 0.192. The Hall–Kier alpha value is -5.20. The zero-order valence-electron chi connectivity index (χ0n) is 40.7. The lowest BCUT2D eigenvalue weighted by Gasteiger charge is -2.36. The van der Waals surface area contributed by atoms with Crippen LogP contribution in [0, 0.1) is 11.8 Å². The van der Waals surface area contributed by atoms with E-state index in [9.17, 15) is 19.2 Å². The summed E-state index contributed by atoms with van der Waals surface area (Å²) in [4.78, 5) is 84.4. The third-order valence-corrected chi connectivity index (χ3v) is 16.1. The van der Waals surface area contributed by atoms with Crippen LogP contribution in [0.2, 0.25) is 0 Å². The second kappa shape index (κ2) is 19.7. The van der Waals surface area contributed by atoms with E-state index in [0.29, 0.717) is 83.7 Å². The molecule has 18 nitrogen and oxygen atoms in total. The van der Waals surface area contributed by atoms with E-state index >= 15 is 0 Å². The molecular weight excluding hydrogens is 865 g/mol. The number of aromatic nitrogens is 4. The maximum atomic E-state index is 14.2. The van der Waals surface area contributed by atoms with Crippen molar-refractivity contribution in [3.63, 3.8) is 0 Å². The van der Waals surface area contributed by atoms with Crippen LogP contribution in [0.25, 0.3) is 11.3 Å². The Balaban J connectivity index is 0.808. The van der Waals surface area contributed by atoms with Gasteiger partial charge in [0.05, 0.1) is 50.4 Å². The molecule has 10 rings (SSSR count). The molecular formula is C50H72N12O6. The first kappa shape index (κ1) is 46.5. The lowest BCUT2D eigenvalue weighted by molar-refractivity contribution is -0.136. The van der Waals surface area contributed by atoms with Gasteiger partial charge in [-0.15, -0.1) is 0 Å². The largest absolute Gasteiger partial charge is 0.378 e. The molecule has 18 heteroatoms. The standard InChI is InChI=1S/C50H72N12O6/c1-30(2)43(55-49(65)59-20-24-67-25-21-59)47(63)61-16-6-8-39(61)45-51-28-34(53-45)32-14-18-58(19-15-32)38-11-10-33(41-36-12-13-37(42(38)41)57(36)5)35-29-52-46(54-35)40-9-7-17-62(40)48(64)44(31(3)4)56-50(66)60-22-26-68-27-23-60/h10-11,28-32,36-37,39-40,43-44H,6-9,12-27H2,1-5H3,(H,51,53)(H,52,54)(H,55,65)(H,56,66)/t36?,37?,39-,40-,43-,44-/m0/s1. The number of H-pyrrole nitrogens is 2. The lowest BCUT2D eigenvalue weighted by atomic mass is 9.85. The molecule has 1 aromatic carbocycles. The molecule has 0 spiro atoms. The maximum absolute atomic E-state index is 14.2. The highest BCUT2D eigenvalue weighted by Gasteiger charge is 2.46. The number of fused-ring (bicyclic) bond motifs is 5. The van der Waals surface area contributed by atoms with Crippen molar-refractivity contribution in [2.24, 2.45) is 11.8 Å². The number of aromatic amines is 2. The average molecular weight is 937 g/mol. The van der Waals surface area contributed by atoms with Crippen molar-refractivity contribution in [1.82, 2.24) is 55.1 Å². The molecule has 6 amide bonds. The summed E-state index contributed by atoms with van der Waals surface area (Å²) in [5.41, 5.74) is 7.48. The third kappa shape index (κ3) is 8.84. The van der Waals surface area contributed by atoms with Gasteiger partial charge in [-0.2, -0.15) is 0 Å². The second-order valence-corrected chi connectivity index (χ2v) is 20.8. The predicted molar refractivity (Wildman–Crippen MR) is 256 cm³/mol. The number of carbonyl (C=O) groups is 4. The Bertz CT molecular complexity index is 2310. The maximum Gasteiger partial charge on any atom is 0.318 e. The molecule has 0 radical (unpaired) electrons. The summed E-state index contributed by atoms with van der Waals surface area (Å²) in [6.07, 6.45) is 11.6. The molecule has 7 aliphatic rings. The summed E-state index contributed by atoms with van der Waals surface area (Å²) in [6, 6.07) is 3.32. The Morgan fingerprint density at radius 1 is 0.618 bits per heavy atom. The van der Waals surface area contributed by atoms with Gasteiger partial charge < -0.3 is 54.6 Å². The number of nitrogens with one attached hydrogen (secondary N) is 4. The van der Waals surface area contributed by atoms with E-state index in [-0.39, 0.29) is 47.8 Å². The van der Waals surface area contributed by atoms with Gasteiger partial charge >= 0.3 is 12.1 Å². The number of likely N-dealkylation sites (tertiary alicyclic amines) is 2. The van der Waals surface area contributed by atoms with Crippen LogP contribution in [0.4, 0.5) is 15.3 Å². The molecule has 4 N–H and O–H groups in total. The molecule has 9 heterocycles. The number of urea groups is 2. The normalized spacial score (nSPS) is 25.4. The van der Waals surface area contributed by atoms with E-state index in [2.05, 4.69) is 49.6 Å². The molecule has 2 aromatic heterocycles. The third-order valence-electron chi connectivity index (χ3n) is 16.1. The highest BCUT2D eigenvalue weighted by molar-refractivity contribution is 5.89. The molecule has 2 unspecified atom stereocenters. The number of amides is 6. The van der Waals surface area contributed by atoms with E-state index in [0.717, 1.165) is 87.5 Å². The number of benzene rings is 1. The summed E-state index contributed by atoms with van der Waals surface area (Å²) in [5.74, 6) is 1.74. The number of carbonyl (C=O) groups excluding carboxylic acids is 4. The average Bonchev–Trinajstić information content (AvgIpc) is 4.24. The minimum Gasteiger partial charge on any atom is -0.378 e. The van der Waals surface area contributed by atoms with Crippen LogP contribution in [0.3, 0.4) is 0 Å². The summed E-state index contributed by atoms with van der Waals surface area (Å²) in [7, 11) is 2.27. The van der Waals surface area contributed by atoms with Crippen LogP contribution in [-0.4, -0.2) is 166 Å². The van der Waals surface area contributed by atoms with E-state index in [4.69, 9.17) is 19.4 Å². The van der Waals surface area contributed by atoms with Gasteiger partial charge in [0, 0.05) is 93.5 Å². The smallest absolute Gasteiger partial charge is 0.318 e. The number of hydrogen-bond acceptors (Lipinski definition) is 10. The number of nitrogens with zero attached hydrogens (tertiary/aromatic N) is 8. The first-order valence-corrected chi connectivity index (χ1v) is 25.6. The van der Waals surface area contributed by atoms with Gasteiger partial charge in [0.2, 0.25) is 11.8 Å².